The molecule has 0 aliphatic carbocycles. The van der Waals surface area contributed by atoms with Crippen LogP contribution in [0.1, 0.15) is 25.5 Å². The first-order valence-corrected chi connectivity index (χ1v) is 5.44. The van der Waals surface area contributed by atoms with E-state index in [1.165, 1.54) is 5.69 Å². The zero-order valence-electron chi connectivity index (χ0n) is 9.89. The van der Waals surface area contributed by atoms with E-state index in [-0.39, 0.29) is 25.1 Å². The van der Waals surface area contributed by atoms with Gasteiger partial charge in [0.1, 0.15) is 0 Å². The Morgan fingerprint density at radius 1 is 1.19 bits per heavy atom. The minimum Gasteiger partial charge on any atom is -0.394 e. The fourth-order valence-electron chi connectivity index (χ4n) is 1.63. The Hall–Kier alpha value is -0.770. The molecule has 0 radical (unpaired) electrons. The van der Waals surface area contributed by atoms with E-state index in [1.54, 1.807) is 0 Å². The van der Waals surface area contributed by atoms with E-state index < -0.39 is 0 Å². The van der Waals surface area contributed by atoms with Crippen molar-refractivity contribution in [3.8, 4) is 0 Å². The van der Waals surface area contributed by atoms with Crippen molar-refractivity contribution in [1.82, 2.24) is 0 Å². The molecule has 0 amide bonds. The van der Waals surface area contributed by atoms with Crippen molar-refractivity contribution in [2.45, 2.75) is 19.9 Å². The lowest BCUT2D eigenvalue weighted by molar-refractivity contribution is 0.268. The molecule has 16 heavy (non-hydrogen) atoms. The van der Waals surface area contributed by atoms with Gasteiger partial charge in [-0.15, -0.1) is 12.4 Å². The number of rotatable bonds is 5. The van der Waals surface area contributed by atoms with Crippen molar-refractivity contribution in [2.75, 3.05) is 24.6 Å². The van der Waals surface area contributed by atoms with E-state index in [2.05, 4.69) is 30.9 Å². The van der Waals surface area contributed by atoms with Gasteiger partial charge < -0.3 is 15.7 Å². The van der Waals surface area contributed by atoms with Crippen LogP contribution in [0.3, 0.4) is 0 Å². The highest BCUT2D eigenvalue weighted by molar-refractivity contribution is 5.85. The van der Waals surface area contributed by atoms with E-state index >= 15 is 0 Å². The van der Waals surface area contributed by atoms with E-state index in [4.69, 9.17) is 10.8 Å². The first-order valence-electron chi connectivity index (χ1n) is 5.44. The molecule has 4 heteroatoms. The summed E-state index contributed by atoms with van der Waals surface area (Å²) in [5.74, 6) is 0. The van der Waals surface area contributed by atoms with Crippen LogP contribution in [0, 0.1) is 0 Å². The topological polar surface area (TPSA) is 49.5 Å². The fraction of sp³-hybridized carbons (Fsp3) is 0.500. The molecule has 1 rings (SSSR count). The van der Waals surface area contributed by atoms with Gasteiger partial charge in [0.05, 0.1) is 12.6 Å². The van der Waals surface area contributed by atoms with Crippen molar-refractivity contribution in [2.24, 2.45) is 5.73 Å². The molecule has 0 heterocycles. The number of aliphatic hydroxyl groups excluding tert-OH is 1. The zero-order valence-corrected chi connectivity index (χ0v) is 10.7. The van der Waals surface area contributed by atoms with Gasteiger partial charge in [0, 0.05) is 18.8 Å². The highest BCUT2D eigenvalue weighted by Gasteiger charge is 2.05. The summed E-state index contributed by atoms with van der Waals surface area (Å²) >= 11 is 0. The number of nitrogens with two attached hydrogens (primary N) is 1. The normalized spacial score (nSPS) is 11.8. The largest absolute Gasteiger partial charge is 0.394 e. The maximum Gasteiger partial charge on any atom is 0.0624 e. The standard InChI is InChI=1S/C12H20N2O.ClH/c1-3-14(4-2)11-7-5-10(6-8-11)12(13)9-15;/h5-8,12,15H,3-4,9,13H2,1-2H3;1H/t12-;/m1./s1. The van der Waals surface area contributed by atoms with Crippen LogP contribution in [0.15, 0.2) is 24.3 Å². The molecule has 1 aromatic rings. The summed E-state index contributed by atoms with van der Waals surface area (Å²) in [4.78, 5) is 2.27. The van der Waals surface area contributed by atoms with Crippen LogP contribution in [-0.4, -0.2) is 24.8 Å². The van der Waals surface area contributed by atoms with E-state index in [9.17, 15) is 0 Å². The molecule has 0 saturated carbocycles. The SMILES string of the molecule is CCN(CC)c1ccc([C@H](N)CO)cc1.Cl. The van der Waals surface area contributed by atoms with E-state index in [1.807, 2.05) is 12.1 Å². The van der Waals surface area contributed by atoms with Gasteiger partial charge in [-0.05, 0) is 31.5 Å². The number of benzene rings is 1. The summed E-state index contributed by atoms with van der Waals surface area (Å²) in [6.45, 7) is 6.27. The van der Waals surface area contributed by atoms with Crippen LogP contribution in [0.5, 0.6) is 0 Å². The van der Waals surface area contributed by atoms with Gasteiger partial charge in [-0.25, -0.2) is 0 Å². The van der Waals surface area contributed by atoms with Crippen LogP contribution in [0.25, 0.3) is 0 Å². The number of aliphatic hydroxyl groups is 1. The average Bonchev–Trinajstić information content (AvgIpc) is 2.30. The maximum absolute atomic E-state index is 8.92. The summed E-state index contributed by atoms with van der Waals surface area (Å²) in [5, 5.41) is 8.92. The van der Waals surface area contributed by atoms with Crippen molar-refractivity contribution in [3.63, 3.8) is 0 Å². The summed E-state index contributed by atoms with van der Waals surface area (Å²) < 4.78 is 0. The van der Waals surface area contributed by atoms with Gasteiger partial charge in [0.15, 0.2) is 0 Å². The number of hydrogen-bond acceptors (Lipinski definition) is 3. The Balaban J connectivity index is 0.00000225. The van der Waals surface area contributed by atoms with Crippen molar-refractivity contribution in [1.29, 1.82) is 0 Å². The van der Waals surface area contributed by atoms with Gasteiger partial charge in [0.25, 0.3) is 0 Å². The highest BCUT2D eigenvalue weighted by Crippen LogP contribution is 2.17. The molecular weight excluding hydrogens is 224 g/mol. The molecule has 3 nitrogen and oxygen atoms in total. The Morgan fingerprint density at radius 2 is 1.69 bits per heavy atom. The lowest BCUT2D eigenvalue weighted by Crippen LogP contribution is -2.22. The molecule has 0 unspecified atom stereocenters. The second-order valence-corrected chi connectivity index (χ2v) is 3.55. The zero-order chi connectivity index (χ0) is 11.3. The minimum atomic E-state index is -0.268. The summed E-state index contributed by atoms with van der Waals surface area (Å²) in [5.41, 5.74) is 7.90. The minimum absolute atomic E-state index is 0. The molecule has 0 aliphatic rings. The lowest BCUT2D eigenvalue weighted by atomic mass is 10.1. The third kappa shape index (κ3) is 3.67. The van der Waals surface area contributed by atoms with Crippen LogP contribution >= 0.6 is 12.4 Å². The second-order valence-electron chi connectivity index (χ2n) is 3.55. The first-order chi connectivity index (χ1) is 7.22. The maximum atomic E-state index is 8.92. The van der Waals surface area contributed by atoms with Crippen LogP contribution in [0.2, 0.25) is 0 Å². The van der Waals surface area contributed by atoms with Crippen molar-refractivity contribution in [3.05, 3.63) is 29.8 Å². The number of halogens is 1. The summed E-state index contributed by atoms with van der Waals surface area (Å²) in [7, 11) is 0. The molecule has 0 spiro atoms. The highest BCUT2D eigenvalue weighted by atomic mass is 35.5. The smallest absolute Gasteiger partial charge is 0.0624 e. The Morgan fingerprint density at radius 3 is 2.06 bits per heavy atom. The predicted molar refractivity (Wildman–Crippen MR) is 71.3 cm³/mol. The number of nitrogens with zero attached hydrogens (tertiary/aromatic N) is 1. The molecular formula is C12H21ClN2O. The predicted octanol–water partition coefficient (Wildman–Crippen LogP) is 1.95. The monoisotopic (exact) mass is 244 g/mol. The lowest BCUT2D eigenvalue weighted by Gasteiger charge is -2.21. The van der Waals surface area contributed by atoms with Crippen molar-refractivity contribution >= 4 is 18.1 Å². The fourth-order valence-corrected chi connectivity index (χ4v) is 1.63. The van der Waals surface area contributed by atoms with Crippen molar-refractivity contribution < 1.29 is 5.11 Å². The molecule has 3 N–H and O–H groups in total. The molecule has 0 bridgehead atoms. The Bertz CT molecular complexity index is 286. The van der Waals surface area contributed by atoms with E-state index in [0.29, 0.717) is 0 Å². The van der Waals surface area contributed by atoms with Crippen LogP contribution < -0.4 is 10.6 Å². The van der Waals surface area contributed by atoms with Gasteiger partial charge in [-0.1, -0.05) is 12.1 Å². The molecule has 92 valence electrons. The van der Waals surface area contributed by atoms with E-state index in [0.717, 1.165) is 18.7 Å². The Kier molecular flexibility index (Phi) is 7.13. The molecule has 0 saturated heterocycles. The molecule has 1 aromatic carbocycles. The molecule has 0 fully saturated rings. The number of hydrogen-bond donors (Lipinski definition) is 2. The van der Waals surface area contributed by atoms with Gasteiger partial charge in [-0.2, -0.15) is 0 Å². The summed E-state index contributed by atoms with van der Waals surface area (Å²) in [6, 6.07) is 7.80. The Labute approximate surface area is 104 Å². The van der Waals surface area contributed by atoms with Gasteiger partial charge in [-0.3, -0.25) is 0 Å². The van der Waals surface area contributed by atoms with Crippen LogP contribution in [0.4, 0.5) is 5.69 Å². The third-order valence-corrected chi connectivity index (χ3v) is 2.65. The molecule has 0 aromatic heterocycles. The molecule has 1 atom stereocenters. The molecule has 0 aliphatic heterocycles. The van der Waals surface area contributed by atoms with Crippen LogP contribution in [-0.2, 0) is 0 Å². The quantitative estimate of drug-likeness (QED) is 0.833. The summed E-state index contributed by atoms with van der Waals surface area (Å²) in [6.07, 6.45) is 0. The number of anilines is 1. The third-order valence-electron chi connectivity index (χ3n) is 2.65. The average molecular weight is 245 g/mol. The van der Waals surface area contributed by atoms with Gasteiger partial charge in [0.2, 0.25) is 0 Å². The first kappa shape index (κ1) is 15.2. The van der Waals surface area contributed by atoms with Gasteiger partial charge >= 0.3 is 0 Å². The second kappa shape index (κ2) is 7.49.